The van der Waals surface area contributed by atoms with Crippen molar-refractivity contribution in [2.75, 3.05) is 5.32 Å². The Bertz CT molecular complexity index is 507. The quantitative estimate of drug-likeness (QED) is 0.738. The maximum absolute atomic E-state index is 11.9. The van der Waals surface area contributed by atoms with Crippen LogP contribution in [0.3, 0.4) is 0 Å². The molecule has 0 spiro atoms. The molecule has 1 aromatic rings. The number of carbonyl (C=O) groups excluding carboxylic acids is 1. The molecular weight excluding hydrogens is 258 g/mol. The minimum atomic E-state index is -1.11. The van der Waals surface area contributed by atoms with E-state index in [9.17, 15) is 14.7 Å². The molecule has 5 heteroatoms. The first-order chi connectivity index (χ1) is 9.56. The first kappa shape index (κ1) is 14.4. The molecule has 0 unspecified atom stereocenters. The number of carboxylic acids is 1. The van der Waals surface area contributed by atoms with E-state index in [1.54, 1.807) is 0 Å². The molecule has 0 aromatic heterocycles. The van der Waals surface area contributed by atoms with Gasteiger partial charge in [-0.05, 0) is 37.0 Å². The Labute approximate surface area is 117 Å². The summed E-state index contributed by atoms with van der Waals surface area (Å²) in [6.45, 7) is 0. The lowest BCUT2D eigenvalue weighted by molar-refractivity contribution is -0.117. The number of aromatic hydroxyl groups is 1. The van der Waals surface area contributed by atoms with E-state index in [1.165, 1.54) is 31.4 Å². The number of phenolic OH excluding ortho intramolecular Hbond substituents is 1. The SMILES string of the molecule is O=C(CC1CCCCC1)Nc1ccc(C(=O)O)cc1O. The highest BCUT2D eigenvalue weighted by Gasteiger charge is 2.18. The number of hydrogen-bond donors (Lipinski definition) is 3. The Kier molecular flexibility index (Phi) is 4.61. The summed E-state index contributed by atoms with van der Waals surface area (Å²) in [7, 11) is 0. The van der Waals surface area contributed by atoms with Gasteiger partial charge in [-0.25, -0.2) is 4.79 Å². The molecule has 1 fully saturated rings. The first-order valence-electron chi connectivity index (χ1n) is 6.92. The lowest BCUT2D eigenvalue weighted by Gasteiger charge is -2.20. The van der Waals surface area contributed by atoms with Gasteiger partial charge in [-0.2, -0.15) is 0 Å². The zero-order valence-corrected chi connectivity index (χ0v) is 11.3. The fourth-order valence-corrected chi connectivity index (χ4v) is 2.63. The van der Waals surface area contributed by atoms with Crippen molar-refractivity contribution in [3.8, 4) is 5.75 Å². The largest absolute Gasteiger partial charge is 0.506 e. The van der Waals surface area contributed by atoms with Crippen molar-refractivity contribution >= 4 is 17.6 Å². The van der Waals surface area contributed by atoms with Crippen LogP contribution < -0.4 is 5.32 Å². The van der Waals surface area contributed by atoms with Crippen molar-refractivity contribution < 1.29 is 19.8 Å². The highest BCUT2D eigenvalue weighted by molar-refractivity contribution is 5.94. The summed E-state index contributed by atoms with van der Waals surface area (Å²) in [5.74, 6) is -1.04. The Morgan fingerprint density at radius 2 is 1.90 bits per heavy atom. The third-order valence-electron chi connectivity index (χ3n) is 3.72. The van der Waals surface area contributed by atoms with Crippen molar-refractivity contribution in [1.29, 1.82) is 0 Å². The number of anilines is 1. The van der Waals surface area contributed by atoms with Crippen LogP contribution >= 0.6 is 0 Å². The number of nitrogens with one attached hydrogen (secondary N) is 1. The van der Waals surface area contributed by atoms with E-state index in [2.05, 4.69) is 5.32 Å². The predicted molar refractivity (Wildman–Crippen MR) is 74.9 cm³/mol. The van der Waals surface area contributed by atoms with Gasteiger partial charge in [0.25, 0.3) is 0 Å². The summed E-state index contributed by atoms with van der Waals surface area (Å²) in [6.07, 6.45) is 6.22. The van der Waals surface area contributed by atoms with Crippen LogP contribution in [0.4, 0.5) is 5.69 Å². The van der Waals surface area contributed by atoms with E-state index in [4.69, 9.17) is 5.11 Å². The molecule has 0 aliphatic heterocycles. The molecule has 3 N–H and O–H groups in total. The van der Waals surface area contributed by atoms with E-state index in [0.717, 1.165) is 18.9 Å². The summed E-state index contributed by atoms with van der Waals surface area (Å²) >= 11 is 0. The molecule has 1 aliphatic carbocycles. The summed E-state index contributed by atoms with van der Waals surface area (Å²) in [6, 6.07) is 3.91. The van der Waals surface area contributed by atoms with Crippen molar-refractivity contribution in [3.63, 3.8) is 0 Å². The third-order valence-corrected chi connectivity index (χ3v) is 3.72. The van der Waals surface area contributed by atoms with Crippen LogP contribution in [0.25, 0.3) is 0 Å². The minimum Gasteiger partial charge on any atom is -0.506 e. The number of amides is 1. The van der Waals surface area contributed by atoms with E-state index < -0.39 is 5.97 Å². The van der Waals surface area contributed by atoms with E-state index in [1.807, 2.05) is 0 Å². The smallest absolute Gasteiger partial charge is 0.335 e. The van der Waals surface area contributed by atoms with Crippen LogP contribution in [-0.4, -0.2) is 22.1 Å². The molecule has 1 amide bonds. The van der Waals surface area contributed by atoms with Crippen LogP contribution in [0.15, 0.2) is 18.2 Å². The zero-order chi connectivity index (χ0) is 14.5. The number of rotatable bonds is 4. The van der Waals surface area contributed by atoms with Gasteiger partial charge in [-0.15, -0.1) is 0 Å². The molecule has 1 saturated carbocycles. The number of hydrogen-bond acceptors (Lipinski definition) is 3. The average Bonchev–Trinajstić information content (AvgIpc) is 2.42. The summed E-state index contributed by atoms with van der Waals surface area (Å²) in [5.41, 5.74) is 0.253. The molecule has 1 aromatic carbocycles. The number of carboxylic acid groups (broad SMARTS) is 1. The predicted octanol–water partition coefficient (Wildman–Crippen LogP) is 3.00. The molecule has 0 heterocycles. The van der Waals surface area contributed by atoms with Crippen molar-refractivity contribution in [1.82, 2.24) is 0 Å². The fraction of sp³-hybridized carbons (Fsp3) is 0.467. The Hall–Kier alpha value is -2.04. The molecule has 0 saturated heterocycles. The van der Waals surface area contributed by atoms with Crippen LogP contribution in [-0.2, 0) is 4.79 Å². The van der Waals surface area contributed by atoms with Crippen molar-refractivity contribution in [2.24, 2.45) is 5.92 Å². The number of aromatic carboxylic acids is 1. The minimum absolute atomic E-state index is 0.00669. The van der Waals surface area contributed by atoms with Gasteiger partial charge in [-0.1, -0.05) is 19.3 Å². The van der Waals surface area contributed by atoms with Crippen molar-refractivity contribution in [3.05, 3.63) is 23.8 Å². The average molecular weight is 277 g/mol. The molecular formula is C15H19NO4. The molecule has 1 aliphatic rings. The Balaban J connectivity index is 1.95. The molecule has 0 bridgehead atoms. The number of benzene rings is 1. The number of phenols is 1. The normalized spacial score (nSPS) is 15.8. The molecule has 0 radical (unpaired) electrons. The van der Waals surface area contributed by atoms with Crippen LogP contribution in [0.1, 0.15) is 48.9 Å². The Morgan fingerprint density at radius 3 is 2.50 bits per heavy atom. The van der Waals surface area contributed by atoms with Crippen LogP contribution in [0.2, 0.25) is 0 Å². The van der Waals surface area contributed by atoms with Gasteiger partial charge in [-0.3, -0.25) is 4.79 Å². The number of carbonyl (C=O) groups is 2. The highest BCUT2D eigenvalue weighted by Crippen LogP contribution is 2.28. The highest BCUT2D eigenvalue weighted by atomic mass is 16.4. The summed E-state index contributed by atoms with van der Waals surface area (Å²) in [4.78, 5) is 22.7. The van der Waals surface area contributed by atoms with Gasteiger partial charge in [0.1, 0.15) is 5.75 Å². The van der Waals surface area contributed by atoms with Gasteiger partial charge in [0.15, 0.2) is 0 Å². The zero-order valence-electron chi connectivity index (χ0n) is 11.3. The van der Waals surface area contributed by atoms with E-state index in [-0.39, 0.29) is 22.9 Å². The van der Waals surface area contributed by atoms with E-state index >= 15 is 0 Å². The Morgan fingerprint density at radius 1 is 1.20 bits per heavy atom. The maximum atomic E-state index is 11.9. The second-order valence-corrected chi connectivity index (χ2v) is 5.29. The molecule has 20 heavy (non-hydrogen) atoms. The van der Waals surface area contributed by atoms with Crippen molar-refractivity contribution in [2.45, 2.75) is 38.5 Å². The van der Waals surface area contributed by atoms with E-state index in [0.29, 0.717) is 12.3 Å². The van der Waals surface area contributed by atoms with Gasteiger partial charge < -0.3 is 15.5 Å². The van der Waals surface area contributed by atoms with Gasteiger partial charge >= 0.3 is 5.97 Å². The summed E-state index contributed by atoms with van der Waals surface area (Å²) < 4.78 is 0. The van der Waals surface area contributed by atoms with Gasteiger partial charge in [0.2, 0.25) is 5.91 Å². The van der Waals surface area contributed by atoms with Gasteiger partial charge in [0, 0.05) is 6.42 Å². The standard InChI is InChI=1S/C15H19NO4/c17-13-9-11(15(19)20)6-7-12(13)16-14(18)8-10-4-2-1-3-5-10/h6-7,9-10,17H,1-5,8H2,(H,16,18)(H,19,20). The second kappa shape index (κ2) is 6.41. The second-order valence-electron chi connectivity index (χ2n) is 5.29. The topological polar surface area (TPSA) is 86.6 Å². The molecule has 108 valence electrons. The lowest BCUT2D eigenvalue weighted by Crippen LogP contribution is -2.18. The van der Waals surface area contributed by atoms with Crippen LogP contribution in [0.5, 0.6) is 5.75 Å². The first-order valence-corrected chi connectivity index (χ1v) is 6.92. The molecule has 5 nitrogen and oxygen atoms in total. The lowest BCUT2D eigenvalue weighted by atomic mass is 9.87. The monoisotopic (exact) mass is 277 g/mol. The summed E-state index contributed by atoms with van der Waals surface area (Å²) in [5, 5.41) is 21.2. The molecule has 0 atom stereocenters. The third kappa shape index (κ3) is 3.73. The molecule has 2 rings (SSSR count). The fourth-order valence-electron chi connectivity index (χ4n) is 2.63. The van der Waals surface area contributed by atoms with Crippen LogP contribution in [0, 0.1) is 5.92 Å². The van der Waals surface area contributed by atoms with Gasteiger partial charge in [0.05, 0.1) is 11.3 Å². The maximum Gasteiger partial charge on any atom is 0.335 e.